The Morgan fingerprint density at radius 2 is 1.67 bits per heavy atom. The van der Waals surface area contributed by atoms with Crippen molar-refractivity contribution in [1.29, 1.82) is 0 Å². The van der Waals surface area contributed by atoms with Gasteiger partial charge < -0.3 is 24.1 Å². The molecular formula is C10H22O5. The Bertz CT molecular complexity index is 120. The third-order valence-electron chi connectivity index (χ3n) is 1.65. The van der Waals surface area contributed by atoms with Crippen LogP contribution in [0.15, 0.2) is 0 Å². The molecule has 0 bridgehead atoms. The third kappa shape index (κ3) is 11.7. The number of aliphatic hydroxyl groups is 1. The fourth-order valence-corrected chi connectivity index (χ4v) is 0.913. The molecule has 1 N–H and O–H groups in total. The highest BCUT2D eigenvalue weighted by atomic mass is 16.6. The predicted molar refractivity (Wildman–Crippen MR) is 56.0 cm³/mol. The van der Waals surface area contributed by atoms with Crippen molar-refractivity contribution in [2.75, 3.05) is 53.4 Å². The van der Waals surface area contributed by atoms with Gasteiger partial charge in [-0.2, -0.15) is 0 Å². The van der Waals surface area contributed by atoms with Crippen LogP contribution < -0.4 is 0 Å². The molecule has 0 fully saturated rings. The Kier molecular flexibility index (Phi) is 11.7. The van der Waals surface area contributed by atoms with E-state index in [2.05, 4.69) is 0 Å². The summed E-state index contributed by atoms with van der Waals surface area (Å²) in [6, 6.07) is 0. The highest BCUT2D eigenvalue weighted by Crippen LogP contribution is 1.91. The Balaban J connectivity index is 3.02. The minimum atomic E-state index is 0.0103. The first-order valence-corrected chi connectivity index (χ1v) is 5.18. The fourth-order valence-electron chi connectivity index (χ4n) is 0.913. The summed E-state index contributed by atoms with van der Waals surface area (Å²) in [7, 11) is 1.64. The highest BCUT2D eigenvalue weighted by Gasteiger charge is 2.00. The molecule has 92 valence electrons. The molecule has 0 rings (SSSR count). The number of rotatable bonds is 11. The maximum atomic E-state index is 8.51. The van der Waals surface area contributed by atoms with Gasteiger partial charge >= 0.3 is 0 Å². The first-order valence-electron chi connectivity index (χ1n) is 5.18. The normalized spacial score (nSPS) is 13.0. The lowest BCUT2D eigenvalue weighted by atomic mass is 10.4. The van der Waals surface area contributed by atoms with E-state index in [1.165, 1.54) is 0 Å². The molecule has 5 heteroatoms. The van der Waals surface area contributed by atoms with Crippen molar-refractivity contribution >= 4 is 0 Å². The van der Waals surface area contributed by atoms with Gasteiger partial charge in [0, 0.05) is 7.11 Å². The first kappa shape index (κ1) is 14.8. The molecule has 0 aliphatic rings. The molecule has 0 aromatic carbocycles. The van der Waals surface area contributed by atoms with Crippen LogP contribution in [0.5, 0.6) is 0 Å². The molecule has 0 saturated carbocycles. The van der Waals surface area contributed by atoms with Crippen LogP contribution in [-0.4, -0.2) is 64.6 Å². The van der Waals surface area contributed by atoms with Crippen molar-refractivity contribution in [1.82, 2.24) is 0 Å². The van der Waals surface area contributed by atoms with E-state index in [1.54, 1.807) is 7.11 Å². The Morgan fingerprint density at radius 1 is 1.00 bits per heavy atom. The van der Waals surface area contributed by atoms with Crippen LogP contribution in [0.2, 0.25) is 0 Å². The molecule has 5 nitrogen and oxygen atoms in total. The van der Waals surface area contributed by atoms with Gasteiger partial charge in [-0.1, -0.05) is 0 Å². The number of hydrogen-bond donors (Lipinski definition) is 1. The maximum Gasteiger partial charge on any atom is 0.0781 e. The van der Waals surface area contributed by atoms with Gasteiger partial charge in [-0.25, -0.2) is 0 Å². The topological polar surface area (TPSA) is 57.2 Å². The summed E-state index contributed by atoms with van der Waals surface area (Å²) in [5.74, 6) is 0. The van der Waals surface area contributed by atoms with E-state index in [4.69, 9.17) is 24.1 Å². The lowest BCUT2D eigenvalue weighted by Gasteiger charge is -2.12. The number of hydrogen-bond acceptors (Lipinski definition) is 5. The van der Waals surface area contributed by atoms with Crippen LogP contribution in [0, 0.1) is 0 Å². The number of aliphatic hydroxyl groups excluding tert-OH is 1. The molecule has 0 amide bonds. The molecule has 0 radical (unpaired) electrons. The van der Waals surface area contributed by atoms with Crippen molar-refractivity contribution in [3.8, 4) is 0 Å². The minimum Gasteiger partial charge on any atom is -0.394 e. The van der Waals surface area contributed by atoms with Crippen LogP contribution in [-0.2, 0) is 18.9 Å². The van der Waals surface area contributed by atoms with E-state index in [-0.39, 0.29) is 12.7 Å². The second kappa shape index (κ2) is 11.9. The molecule has 15 heavy (non-hydrogen) atoms. The van der Waals surface area contributed by atoms with Crippen LogP contribution >= 0.6 is 0 Å². The summed E-state index contributed by atoms with van der Waals surface area (Å²) in [5, 5.41) is 8.51. The zero-order valence-electron chi connectivity index (χ0n) is 9.61. The summed E-state index contributed by atoms with van der Waals surface area (Å²) in [4.78, 5) is 0. The van der Waals surface area contributed by atoms with Gasteiger partial charge in [0.2, 0.25) is 0 Å². The van der Waals surface area contributed by atoms with Gasteiger partial charge in [-0.3, -0.25) is 0 Å². The SMILES string of the molecule is COCCOCCOCC(C)OCCO. The minimum absolute atomic E-state index is 0.0103. The van der Waals surface area contributed by atoms with Crippen LogP contribution in [0.25, 0.3) is 0 Å². The first-order chi connectivity index (χ1) is 7.31. The molecule has 0 aromatic rings. The van der Waals surface area contributed by atoms with Crippen molar-refractivity contribution in [3.63, 3.8) is 0 Å². The summed E-state index contributed by atoms with van der Waals surface area (Å²) in [6.07, 6.45) is 0.0103. The Hall–Kier alpha value is -0.200. The Labute approximate surface area is 91.3 Å². The summed E-state index contributed by atoms with van der Waals surface area (Å²) in [6.45, 7) is 5.15. The monoisotopic (exact) mass is 222 g/mol. The lowest BCUT2D eigenvalue weighted by molar-refractivity contribution is -0.0347. The van der Waals surface area contributed by atoms with E-state index >= 15 is 0 Å². The molecular weight excluding hydrogens is 200 g/mol. The zero-order valence-corrected chi connectivity index (χ0v) is 9.61. The zero-order chi connectivity index (χ0) is 11.4. The lowest BCUT2D eigenvalue weighted by Crippen LogP contribution is -2.19. The maximum absolute atomic E-state index is 8.51. The summed E-state index contributed by atoms with van der Waals surface area (Å²) in [5.41, 5.74) is 0. The molecule has 0 aliphatic carbocycles. The van der Waals surface area contributed by atoms with Crippen LogP contribution in [0.3, 0.4) is 0 Å². The third-order valence-corrected chi connectivity index (χ3v) is 1.65. The number of methoxy groups -OCH3 is 1. The summed E-state index contributed by atoms with van der Waals surface area (Å²) >= 11 is 0. The molecule has 0 aliphatic heterocycles. The van der Waals surface area contributed by atoms with E-state index in [9.17, 15) is 0 Å². The van der Waals surface area contributed by atoms with Gasteiger partial charge in [0.25, 0.3) is 0 Å². The van der Waals surface area contributed by atoms with Gasteiger partial charge in [-0.05, 0) is 6.92 Å². The molecule has 0 heterocycles. The molecule has 0 saturated heterocycles. The molecule has 0 spiro atoms. The fraction of sp³-hybridized carbons (Fsp3) is 1.00. The predicted octanol–water partition coefficient (Wildman–Crippen LogP) is 0.0634. The van der Waals surface area contributed by atoms with Crippen molar-refractivity contribution < 1.29 is 24.1 Å². The van der Waals surface area contributed by atoms with E-state index in [0.717, 1.165) is 0 Å². The van der Waals surface area contributed by atoms with Gasteiger partial charge in [-0.15, -0.1) is 0 Å². The van der Waals surface area contributed by atoms with Crippen molar-refractivity contribution in [2.45, 2.75) is 13.0 Å². The van der Waals surface area contributed by atoms with Gasteiger partial charge in [0.15, 0.2) is 0 Å². The molecule has 0 aromatic heterocycles. The second-order valence-corrected chi connectivity index (χ2v) is 3.09. The smallest absolute Gasteiger partial charge is 0.0781 e. The van der Waals surface area contributed by atoms with Gasteiger partial charge in [0.05, 0.1) is 52.4 Å². The van der Waals surface area contributed by atoms with E-state index in [1.807, 2.05) is 6.92 Å². The largest absolute Gasteiger partial charge is 0.394 e. The van der Waals surface area contributed by atoms with Crippen molar-refractivity contribution in [3.05, 3.63) is 0 Å². The quantitative estimate of drug-likeness (QED) is 0.501. The van der Waals surface area contributed by atoms with E-state index in [0.29, 0.717) is 39.6 Å². The highest BCUT2D eigenvalue weighted by molar-refractivity contribution is 4.46. The Morgan fingerprint density at radius 3 is 2.33 bits per heavy atom. The molecule has 1 atom stereocenters. The van der Waals surface area contributed by atoms with E-state index < -0.39 is 0 Å². The standard InChI is InChI=1S/C10H22O5/c1-10(15-4-3-11)9-14-8-7-13-6-5-12-2/h10-11H,3-9H2,1-2H3. The molecule has 1 unspecified atom stereocenters. The average Bonchev–Trinajstić information content (AvgIpc) is 2.25. The number of ether oxygens (including phenoxy) is 4. The van der Waals surface area contributed by atoms with Crippen LogP contribution in [0.4, 0.5) is 0 Å². The summed E-state index contributed by atoms with van der Waals surface area (Å²) < 4.78 is 20.5. The van der Waals surface area contributed by atoms with Crippen LogP contribution in [0.1, 0.15) is 6.92 Å². The average molecular weight is 222 g/mol. The van der Waals surface area contributed by atoms with Crippen molar-refractivity contribution in [2.24, 2.45) is 0 Å². The van der Waals surface area contributed by atoms with Gasteiger partial charge in [0.1, 0.15) is 0 Å². The second-order valence-electron chi connectivity index (χ2n) is 3.09.